The SMILES string of the molecule is CCCC(=O)N(c1ncc(F)c(CC)n1)C(C)CCC. The lowest BCUT2D eigenvalue weighted by Gasteiger charge is -2.27. The molecule has 112 valence electrons. The maximum absolute atomic E-state index is 13.5. The maximum atomic E-state index is 13.5. The van der Waals surface area contributed by atoms with Crippen molar-refractivity contribution < 1.29 is 9.18 Å². The molecule has 1 unspecified atom stereocenters. The number of anilines is 1. The Bertz CT molecular complexity index is 451. The molecule has 0 aromatic carbocycles. The van der Waals surface area contributed by atoms with Crippen LogP contribution in [-0.2, 0) is 11.2 Å². The van der Waals surface area contributed by atoms with Crippen LogP contribution in [0, 0.1) is 5.82 Å². The molecule has 1 amide bonds. The number of hydrogen-bond acceptors (Lipinski definition) is 3. The predicted octanol–water partition coefficient (Wildman–Crippen LogP) is 3.50. The van der Waals surface area contributed by atoms with Gasteiger partial charge in [-0.15, -0.1) is 0 Å². The van der Waals surface area contributed by atoms with E-state index >= 15 is 0 Å². The predicted molar refractivity (Wildman–Crippen MR) is 78.1 cm³/mol. The summed E-state index contributed by atoms with van der Waals surface area (Å²) >= 11 is 0. The van der Waals surface area contributed by atoms with Gasteiger partial charge in [-0.3, -0.25) is 9.69 Å². The zero-order chi connectivity index (χ0) is 15.1. The van der Waals surface area contributed by atoms with Gasteiger partial charge in [-0.1, -0.05) is 27.2 Å². The quantitative estimate of drug-likeness (QED) is 0.768. The van der Waals surface area contributed by atoms with E-state index in [1.54, 1.807) is 4.90 Å². The number of aromatic nitrogens is 2. The summed E-state index contributed by atoms with van der Waals surface area (Å²) in [5, 5.41) is 0. The minimum absolute atomic E-state index is 0.00195. The van der Waals surface area contributed by atoms with Crippen molar-refractivity contribution in [3.05, 3.63) is 17.7 Å². The minimum Gasteiger partial charge on any atom is -0.278 e. The van der Waals surface area contributed by atoms with Gasteiger partial charge < -0.3 is 0 Å². The molecule has 0 bridgehead atoms. The molecular weight excluding hydrogens is 257 g/mol. The first kappa shape index (κ1) is 16.5. The van der Waals surface area contributed by atoms with Gasteiger partial charge in [-0.25, -0.2) is 14.4 Å². The van der Waals surface area contributed by atoms with E-state index in [4.69, 9.17) is 0 Å². The summed E-state index contributed by atoms with van der Waals surface area (Å²) < 4.78 is 13.5. The molecule has 5 heteroatoms. The smallest absolute Gasteiger partial charge is 0.232 e. The van der Waals surface area contributed by atoms with Gasteiger partial charge in [0.2, 0.25) is 11.9 Å². The summed E-state index contributed by atoms with van der Waals surface area (Å²) in [5.74, 6) is -0.0907. The van der Waals surface area contributed by atoms with Gasteiger partial charge in [0.25, 0.3) is 0 Å². The highest BCUT2D eigenvalue weighted by atomic mass is 19.1. The van der Waals surface area contributed by atoms with Crippen molar-refractivity contribution in [3.63, 3.8) is 0 Å². The molecule has 1 rings (SSSR count). The second-order valence-corrected chi connectivity index (χ2v) is 4.97. The van der Waals surface area contributed by atoms with Crippen LogP contribution in [0.2, 0.25) is 0 Å². The zero-order valence-corrected chi connectivity index (χ0v) is 12.8. The summed E-state index contributed by atoms with van der Waals surface area (Å²) in [6, 6.07) is 0.0224. The van der Waals surface area contributed by atoms with E-state index in [1.165, 1.54) is 0 Å². The van der Waals surface area contributed by atoms with E-state index in [1.807, 2.05) is 20.8 Å². The number of nitrogens with zero attached hydrogens (tertiary/aromatic N) is 3. The van der Waals surface area contributed by atoms with Crippen molar-refractivity contribution in [3.8, 4) is 0 Å². The first-order valence-electron chi connectivity index (χ1n) is 7.38. The third-order valence-corrected chi connectivity index (χ3v) is 3.23. The fraction of sp³-hybridized carbons (Fsp3) is 0.667. The second kappa shape index (κ2) is 7.92. The van der Waals surface area contributed by atoms with Crippen molar-refractivity contribution in [2.45, 2.75) is 65.8 Å². The molecule has 1 atom stereocenters. The number of aryl methyl sites for hydroxylation is 1. The van der Waals surface area contributed by atoms with Crippen LogP contribution < -0.4 is 4.90 Å². The van der Waals surface area contributed by atoms with E-state index in [-0.39, 0.29) is 11.9 Å². The van der Waals surface area contributed by atoms with E-state index < -0.39 is 5.82 Å². The summed E-state index contributed by atoms with van der Waals surface area (Å²) in [4.78, 5) is 22.1. The van der Waals surface area contributed by atoms with Gasteiger partial charge in [0.1, 0.15) is 0 Å². The normalized spacial score (nSPS) is 12.2. The average Bonchev–Trinajstić information content (AvgIpc) is 2.41. The molecular formula is C15H24FN3O. The van der Waals surface area contributed by atoms with Crippen LogP contribution in [0.15, 0.2) is 6.20 Å². The van der Waals surface area contributed by atoms with Crippen LogP contribution >= 0.6 is 0 Å². The molecule has 0 N–H and O–H groups in total. The molecule has 0 aliphatic heterocycles. The molecule has 1 aromatic rings. The van der Waals surface area contributed by atoms with Crippen LogP contribution in [0.3, 0.4) is 0 Å². The summed E-state index contributed by atoms with van der Waals surface area (Å²) in [6.07, 6.45) is 4.72. The van der Waals surface area contributed by atoms with E-state index in [0.717, 1.165) is 25.5 Å². The Morgan fingerprint density at radius 1 is 1.35 bits per heavy atom. The monoisotopic (exact) mass is 281 g/mol. The third kappa shape index (κ3) is 3.99. The first-order valence-corrected chi connectivity index (χ1v) is 7.38. The number of rotatable bonds is 7. The Balaban J connectivity index is 3.12. The number of carbonyl (C=O) groups excluding carboxylic acids is 1. The van der Waals surface area contributed by atoms with Gasteiger partial charge in [-0.2, -0.15) is 0 Å². The number of halogens is 1. The molecule has 0 fully saturated rings. The van der Waals surface area contributed by atoms with Crippen molar-refractivity contribution in [2.75, 3.05) is 4.90 Å². The fourth-order valence-corrected chi connectivity index (χ4v) is 2.19. The molecule has 0 aliphatic rings. The standard InChI is InChI=1S/C15H24FN3O/c1-5-8-11(4)19(14(20)9-6-2)15-17-10-12(16)13(7-3)18-15/h10-11H,5-9H2,1-4H3. The lowest BCUT2D eigenvalue weighted by molar-refractivity contribution is -0.119. The first-order chi connectivity index (χ1) is 9.54. The van der Waals surface area contributed by atoms with E-state index in [2.05, 4.69) is 16.9 Å². The Labute approximate surface area is 120 Å². The Morgan fingerprint density at radius 3 is 2.60 bits per heavy atom. The maximum Gasteiger partial charge on any atom is 0.232 e. The molecule has 0 radical (unpaired) electrons. The van der Waals surface area contributed by atoms with Crippen LogP contribution in [-0.4, -0.2) is 21.9 Å². The van der Waals surface area contributed by atoms with Crippen molar-refractivity contribution in [1.82, 2.24) is 9.97 Å². The zero-order valence-electron chi connectivity index (χ0n) is 12.8. The largest absolute Gasteiger partial charge is 0.278 e. The molecule has 1 heterocycles. The Kier molecular flexibility index (Phi) is 6.55. The Morgan fingerprint density at radius 2 is 2.05 bits per heavy atom. The van der Waals surface area contributed by atoms with Gasteiger partial charge in [-0.05, 0) is 26.2 Å². The number of amides is 1. The van der Waals surface area contributed by atoms with Gasteiger partial charge in [0, 0.05) is 12.5 Å². The fourth-order valence-electron chi connectivity index (χ4n) is 2.19. The van der Waals surface area contributed by atoms with E-state index in [0.29, 0.717) is 24.5 Å². The highest BCUT2D eigenvalue weighted by molar-refractivity contribution is 5.92. The molecule has 4 nitrogen and oxygen atoms in total. The van der Waals surface area contributed by atoms with Crippen LogP contribution in [0.5, 0.6) is 0 Å². The van der Waals surface area contributed by atoms with Crippen molar-refractivity contribution in [1.29, 1.82) is 0 Å². The van der Waals surface area contributed by atoms with Crippen LogP contribution in [0.25, 0.3) is 0 Å². The van der Waals surface area contributed by atoms with Gasteiger partial charge in [0.15, 0.2) is 5.82 Å². The summed E-state index contributed by atoms with van der Waals surface area (Å²) in [6.45, 7) is 7.85. The van der Waals surface area contributed by atoms with Crippen molar-refractivity contribution in [2.24, 2.45) is 0 Å². The number of hydrogen-bond donors (Lipinski definition) is 0. The van der Waals surface area contributed by atoms with E-state index in [9.17, 15) is 9.18 Å². The molecule has 0 saturated carbocycles. The lowest BCUT2D eigenvalue weighted by Crippen LogP contribution is -2.40. The third-order valence-electron chi connectivity index (χ3n) is 3.23. The van der Waals surface area contributed by atoms with Gasteiger partial charge >= 0.3 is 0 Å². The topological polar surface area (TPSA) is 46.1 Å². The van der Waals surface area contributed by atoms with Gasteiger partial charge in [0.05, 0.1) is 11.9 Å². The highest BCUT2D eigenvalue weighted by Crippen LogP contribution is 2.18. The molecule has 20 heavy (non-hydrogen) atoms. The van der Waals surface area contributed by atoms with Crippen LogP contribution in [0.1, 0.15) is 59.1 Å². The second-order valence-electron chi connectivity index (χ2n) is 4.97. The van der Waals surface area contributed by atoms with Crippen molar-refractivity contribution >= 4 is 11.9 Å². The molecule has 0 saturated heterocycles. The minimum atomic E-state index is -0.415. The molecule has 0 aliphatic carbocycles. The average molecular weight is 281 g/mol. The molecule has 0 spiro atoms. The van der Waals surface area contributed by atoms with Crippen LogP contribution in [0.4, 0.5) is 10.3 Å². The lowest BCUT2D eigenvalue weighted by atomic mass is 10.1. The summed E-state index contributed by atoms with van der Waals surface area (Å²) in [5.41, 5.74) is 0.355. The Hall–Kier alpha value is -1.52. The molecule has 1 aromatic heterocycles. The highest BCUT2D eigenvalue weighted by Gasteiger charge is 2.24. The summed E-state index contributed by atoms with van der Waals surface area (Å²) in [7, 11) is 0. The number of carbonyl (C=O) groups is 1.